The molecule has 0 aliphatic heterocycles. The third-order valence-electron chi connectivity index (χ3n) is 3.89. The number of rotatable bonds is 8. The van der Waals surface area contributed by atoms with Crippen LogP contribution in [-0.4, -0.2) is 26.3 Å². The van der Waals surface area contributed by atoms with Crippen LogP contribution in [0.3, 0.4) is 0 Å². The van der Waals surface area contributed by atoms with Gasteiger partial charge in [-0.15, -0.1) is 10.2 Å². The molecule has 0 amide bonds. The lowest BCUT2D eigenvalue weighted by molar-refractivity contribution is 0.445. The zero-order valence-corrected chi connectivity index (χ0v) is 14.2. The topological polar surface area (TPSA) is 54.2 Å². The van der Waals surface area contributed by atoms with Crippen molar-refractivity contribution in [1.29, 1.82) is 0 Å². The van der Waals surface area contributed by atoms with Crippen molar-refractivity contribution in [2.75, 3.05) is 6.54 Å². The predicted molar refractivity (Wildman–Crippen MR) is 93.7 cm³/mol. The molecule has 0 unspecified atom stereocenters. The summed E-state index contributed by atoms with van der Waals surface area (Å²) < 4.78 is 1.96. The van der Waals surface area contributed by atoms with E-state index >= 15 is 0 Å². The summed E-state index contributed by atoms with van der Waals surface area (Å²) in [4.78, 5) is 0. The Hall–Kier alpha value is -1.69. The van der Waals surface area contributed by atoms with Gasteiger partial charge in [-0.05, 0) is 36.7 Å². The minimum absolute atomic E-state index is 0.572. The molecular weight excluding hydrogens is 294 g/mol. The minimum Gasteiger partial charge on any atom is -0.362 e. The summed E-state index contributed by atoms with van der Waals surface area (Å²) in [7, 11) is 0. The average Bonchev–Trinajstić information content (AvgIpc) is 2.96. The van der Waals surface area contributed by atoms with Crippen molar-refractivity contribution in [3.8, 4) is 0 Å². The number of thiocarbonyl (C=S) groups is 1. The second-order valence-electron chi connectivity index (χ2n) is 5.53. The van der Waals surface area contributed by atoms with Gasteiger partial charge in [0.15, 0.2) is 16.6 Å². The zero-order valence-electron chi connectivity index (χ0n) is 13.4. The lowest BCUT2D eigenvalue weighted by Gasteiger charge is -2.17. The van der Waals surface area contributed by atoms with E-state index in [1.807, 2.05) is 28.8 Å². The number of unbranched alkanes of at least 4 members (excludes halogenated alkanes) is 1. The summed E-state index contributed by atoms with van der Waals surface area (Å²) in [5, 5.41) is 15.5. The van der Waals surface area contributed by atoms with Gasteiger partial charge in [-0.1, -0.05) is 39.2 Å². The van der Waals surface area contributed by atoms with Gasteiger partial charge in [-0.25, -0.2) is 0 Å². The van der Waals surface area contributed by atoms with Crippen LogP contribution in [0.5, 0.6) is 0 Å². The molecule has 0 bridgehead atoms. The molecule has 1 atom stereocenters. The van der Waals surface area contributed by atoms with Gasteiger partial charge in [0, 0.05) is 12.7 Å². The van der Waals surface area contributed by atoms with E-state index in [1.54, 1.807) is 0 Å². The van der Waals surface area contributed by atoms with Crippen molar-refractivity contribution < 1.29 is 0 Å². The highest BCUT2D eigenvalue weighted by Gasteiger charge is 2.08. The average molecular weight is 319 g/mol. The molecule has 5 nitrogen and oxygen atoms in total. The number of nitrogens with one attached hydrogen (secondary N) is 2. The molecule has 120 valence electrons. The molecule has 6 heteroatoms. The SMILES string of the molecule is CCCC[C@H](CC)CNC(=S)NCc1nnc2ccccn12. The summed E-state index contributed by atoms with van der Waals surface area (Å²) in [6.07, 6.45) is 6.94. The molecule has 22 heavy (non-hydrogen) atoms. The van der Waals surface area contributed by atoms with Crippen LogP contribution in [0.15, 0.2) is 24.4 Å². The van der Waals surface area contributed by atoms with E-state index in [1.165, 1.54) is 25.7 Å². The molecule has 0 aromatic carbocycles. The Kier molecular flexibility index (Phi) is 6.58. The zero-order chi connectivity index (χ0) is 15.8. The number of hydrogen-bond acceptors (Lipinski definition) is 3. The van der Waals surface area contributed by atoms with Crippen molar-refractivity contribution in [2.24, 2.45) is 5.92 Å². The summed E-state index contributed by atoms with van der Waals surface area (Å²) >= 11 is 5.35. The Morgan fingerprint density at radius 3 is 2.91 bits per heavy atom. The van der Waals surface area contributed by atoms with E-state index in [0.717, 1.165) is 18.0 Å². The maximum absolute atomic E-state index is 5.35. The summed E-state index contributed by atoms with van der Waals surface area (Å²) in [6, 6.07) is 5.86. The quantitative estimate of drug-likeness (QED) is 0.733. The van der Waals surface area contributed by atoms with Gasteiger partial charge < -0.3 is 10.6 Å². The highest BCUT2D eigenvalue weighted by Crippen LogP contribution is 2.11. The molecule has 2 N–H and O–H groups in total. The normalized spacial score (nSPS) is 12.3. The molecule has 2 rings (SSSR count). The molecule has 0 radical (unpaired) electrons. The summed E-state index contributed by atoms with van der Waals surface area (Å²) in [5.74, 6) is 1.55. The van der Waals surface area contributed by atoms with E-state index in [0.29, 0.717) is 17.6 Å². The number of pyridine rings is 1. The number of hydrogen-bond donors (Lipinski definition) is 2. The molecule has 0 fully saturated rings. The third-order valence-corrected chi connectivity index (χ3v) is 4.17. The van der Waals surface area contributed by atoms with Crippen LogP contribution in [-0.2, 0) is 6.54 Å². The standard InChI is InChI=1S/C16H25N5S/c1-3-5-8-13(4-2)11-17-16(22)18-12-15-20-19-14-9-6-7-10-21(14)15/h6-7,9-10,13H,3-5,8,11-12H2,1-2H3,(H2,17,18,22)/t13-/m0/s1. The number of fused-ring (bicyclic) bond motifs is 1. The maximum Gasteiger partial charge on any atom is 0.166 e. The lowest BCUT2D eigenvalue weighted by atomic mass is 9.99. The first-order chi connectivity index (χ1) is 10.7. The van der Waals surface area contributed by atoms with Gasteiger partial charge in [-0.3, -0.25) is 4.40 Å². The fourth-order valence-electron chi connectivity index (χ4n) is 2.41. The summed E-state index contributed by atoms with van der Waals surface area (Å²) in [6.45, 7) is 5.97. The molecule has 2 heterocycles. The van der Waals surface area contributed by atoms with Crippen LogP contribution in [0, 0.1) is 5.92 Å². The van der Waals surface area contributed by atoms with E-state index < -0.39 is 0 Å². The van der Waals surface area contributed by atoms with Gasteiger partial charge in [0.25, 0.3) is 0 Å². The third kappa shape index (κ3) is 4.66. The summed E-state index contributed by atoms with van der Waals surface area (Å²) in [5.41, 5.74) is 0.851. The van der Waals surface area contributed by atoms with Crippen LogP contribution in [0.2, 0.25) is 0 Å². The molecular formula is C16H25N5S. The molecule has 2 aromatic rings. The van der Waals surface area contributed by atoms with Crippen molar-refractivity contribution in [3.05, 3.63) is 30.2 Å². The first-order valence-corrected chi connectivity index (χ1v) is 8.45. The van der Waals surface area contributed by atoms with Crippen molar-refractivity contribution in [1.82, 2.24) is 25.2 Å². The van der Waals surface area contributed by atoms with Crippen LogP contribution in [0.4, 0.5) is 0 Å². The number of nitrogens with zero attached hydrogens (tertiary/aromatic N) is 3. The maximum atomic E-state index is 5.35. The van der Waals surface area contributed by atoms with Gasteiger partial charge >= 0.3 is 0 Å². The Bertz CT molecular complexity index is 595. The second kappa shape index (κ2) is 8.68. The van der Waals surface area contributed by atoms with E-state index in [4.69, 9.17) is 12.2 Å². The minimum atomic E-state index is 0.572. The monoisotopic (exact) mass is 319 g/mol. The molecule has 2 aromatic heterocycles. The Morgan fingerprint density at radius 2 is 2.14 bits per heavy atom. The fourth-order valence-corrected chi connectivity index (χ4v) is 2.57. The number of aromatic nitrogens is 3. The first kappa shape index (κ1) is 16.7. The molecule has 0 saturated carbocycles. The molecule has 0 aliphatic carbocycles. The van der Waals surface area contributed by atoms with E-state index in [9.17, 15) is 0 Å². The van der Waals surface area contributed by atoms with Crippen LogP contribution in [0.1, 0.15) is 45.4 Å². The van der Waals surface area contributed by atoms with Gasteiger partial charge in [0.1, 0.15) is 0 Å². The highest BCUT2D eigenvalue weighted by atomic mass is 32.1. The molecule has 0 saturated heterocycles. The van der Waals surface area contributed by atoms with Gasteiger partial charge in [0.05, 0.1) is 6.54 Å². The van der Waals surface area contributed by atoms with Crippen LogP contribution in [0.25, 0.3) is 5.65 Å². The Balaban J connectivity index is 1.78. The van der Waals surface area contributed by atoms with Crippen LogP contribution >= 0.6 is 12.2 Å². The predicted octanol–water partition coefficient (Wildman–Crippen LogP) is 2.91. The van der Waals surface area contributed by atoms with E-state index in [-0.39, 0.29) is 0 Å². The van der Waals surface area contributed by atoms with Crippen molar-refractivity contribution in [3.63, 3.8) is 0 Å². The second-order valence-corrected chi connectivity index (χ2v) is 5.93. The fraction of sp³-hybridized carbons (Fsp3) is 0.562. The lowest BCUT2D eigenvalue weighted by Crippen LogP contribution is -2.37. The van der Waals surface area contributed by atoms with Crippen molar-refractivity contribution in [2.45, 2.75) is 46.1 Å². The first-order valence-electron chi connectivity index (χ1n) is 8.05. The molecule has 0 aliphatic rings. The highest BCUT2D eigenvalue weighted by molar-refractivity contribution is 7.80. The van der Waals surface area contributed by atoms with Gasteiger partial charge in [0.2, 0.25) is 0 Å². The Morgan fingerprint density at radius 1 is 1.27 bits per heavy atom. The van der Waals surface area contributed by atoms with E-state index in [2.05, 4.69) is 34.7 Å². The Labute approximate surface area is 137 Å². The largest absolute Gasteiger partial charge is 0.362 e. The smallest absolute Gasteiger partial charge is 0.166 e. The van der Waals surface area contributed by atoms with Gasteiger partial charge in [-0.2, -0.15) is 0 Å². The van der Waals surface area contributed by atoms with Crippen molar-refractivity contribution >= 4 is 23.0 Å². The van der Waals surface area contributed by atoms with Crippen LogP contribution < -0.4 is 10.6 Å². The molecule has 0 spiro atoms.